The van der Waals surface area contributed by atoms with Crippen LogP contribution in [0.5, 0.6) is 0 Å². The molecule has 0 aliphatic carbocycles. The zero-order valence-electron chi connectivity index (χ0n) is 16.1. The van der Waals surface area contributed by atoms with Gasteiger partial charge in [-0.3, -0.25) is 14.9 Å². The number of nitrogens with zero attached hydrogens (tertiary/aromatic N) is 1. The van der Waals surface area contributed by atoms with Gasteiger partial charge in [-0.05, 0) is 40.0 Å². The first-order valence-corrected chi connectivity index (χ1v) is 9.23. The minimum absolute atomic E-state index is 0.169. The van der Waals surface area contributed by atoms with E-state index in [9.17, 15) is 14.4 Å². The van der Waals surface area contributed by atoms with Crippen molar-refractivity contribution in [1.29, 1.82) is 5.41 Å². The van der Waals surface area contributed by atoms with Gasteiger partial charge in [0.2, 0.25) is 11.8 Å². The Morgan fingerprint density at radius 2 is 1.93 bits per heavy atom. The molecule has 0 radical (unpaired) electrons. The molecule has 4 N–H and O–H groups in total. The molecule has 3 amide bonds. The predicted octanol–water partition coefficient (Wildman–Crippen LogP) is 0.861. The van der Waals surface area contributed by atoms with Crippen LogP contribution in [0.25, 0.3) is 0 Å². The summed E-state index contributed by atoms with van der Waals surface area (Å²) in [5, 5.41) is 16.0. The van der Waals surface area contributed by atoms with Crippen molar-refractivity contribution in [2.45, 2.75) is 64.1 Å². The molecule has 2 saturated heterocycles. The minimum atomic E-state index is -0.522. The molecule has 150 valence electrons. The third-order valence-corrected chi connectivity index (χ3v) is 4.36. The lowest BCUT2D eigenvalue weighted by molar-refractivity contribution is -0.134. The van der Waals surface area contributed by atoms with Gasteiger partial charge < -0.3 is 25.7 Å². The van der Waals surface area contributed by atoms with E-state index in [1.807, 2.05) is 20.8 Å². The second kappa shape index (κ2) is 8.88. The first-order chi connectivity index (χ1) is 12.7. The predicted molar refractivity (Wildman–Crippen MR) is 100 cm³/mol. The van der Waals surface area contributed by atoms with Crippen LogP contribution in [-0.2, 0) is 14.3 Å². The lowest BCUT2D eigenvalue weighted by atomic mass is 10.1. The molecule has 0 aromatic heterocycles. The number of imide groups is 1. The Labute approximate surface area is 159 Å². The van der Waals surface area contributed by atoms with Gasteiger partial charge in [0.15, 0.2) is 0 Å². The van der Waals surface area contributed by atoms with Gasteiger partial charge in [-0.1, -0.05) is 0 Å². The molecule has 0 saturated carbocycles. The first kappa shape index (κ1) is 20.7. The molecule has 1 unspecified atom stereocenters. The lowest BCUT2D eigenvalue weighted by Gasteiger charge is -2.33. The van der Waals surface area contributed by atoms with Gasteiger partial charge in [0.25, 0.3) is 0 Å². The average Bonchev–Trinajstić information content (AvgIpc) is 2.59. The van der Waals surface area contributed by atoms with Gasteiger partial charge in [0.05, 0.1) is 5.70 Å². The van der Waals surface area contributed by atoms with Gasteiger partial charge in [-0.2, -0.15) is 0 Å². The maximum atomic E-state index is 12.1. The largest absolute Gasteiger partial charge is 0.444 e. The molecular formula is C18H29N5O4. The Hall–Kier alpha value is -2.58. The summed E-state index contributed by atoms with van der Waals surface area (Å²) < 4.78 is 5.38. The van der Waals surface area contributed by atoms with E-state index in [1.54, 1.807) is 11.1 Å². The van der Waals surface area contributed by atoms with Crippen LogP contribution in [0.15, 0.2) is 11.9 Å². The minimum Gasteiger partial charge on any atom is -0.444 e. The van der Waals surface area contributed by atoms with Crippen molar-refractivity contribution >= 4 is 24.1 Å². The maximum absolute atomic E-state index is 12.1. The van der Waals surface area contributed by atoms with Crippen molar-refractivity contribution in [3.63, 3.8) is 0 Å². The number of allylic oxidation sites excluding steroid dienone is 1. The summed E-state index contributed by atoms with van der Waals surface area (Å²) in [4.78, 5) is 36.8. The number of hydrogen-bond donors (Lipinski definition) is 4. The lowest BCUT2D eigenvalue weighted by Crippen LogP contribution is -2.50. The van der Waals surface area contributed by atoms with Crippen LogP contribution < -0.4 is 16.0 Å². The fourth-order valence-electron chi connectivity index (χ4n) is 2.92. The molecule has 1 atom stereocenters. The highest BCUT2D eigenvalue weighted by Gasteiger charge is 2.28. The Morgan fingerprint density at radius 1 is 1.26 bits per heavy atom. The fourth-order valence-corrected chi connectivity index (χ4v) is 2.92. The average molecular weight is 379 g/mol. The van der Waals surface area contributed by atoms with E-state index in [2.05, 4.69) is 16.0 Å². The van der Waals surface area contributed by atoms with Crippen LogP contribution in [0.4, 0.5) is 4.79 Å². The highest BCUT2D eigenvalue weighted by Crippen LogP contribution is 2.15. The number of piperidine rings is 2. The fraction of sp³-hybridized carbons (Fsp3) is 0.667. The van der Waals surface area contributed by atoms with Crippen molar-refractivity contribution in [3.05, 3.63) is 11.9 Å². The third kappa shape index (κ3) is 6.58. The van der Waals surface area contributed by atoms with Gasteiger partial charge in [0.1, 0.15) is 11.6 Å². The number of hydrogen-bond acceptors (Lipinski definition) is 7. The van der Waals surface area contributed by atoms with Crippen molar-refractivity contribution in [3.8, 4) is 0 Å². The van der Waals surface area contributed by atoms with E-state index < -0.39 is 11.6 Å². The zero-order chi connectivity index (χ0) is 20.0. The highest BCUT2D eigenvalue weighted by molar-refractivity contribution is 6.00. The summed E-state index contributed by atoms with van der Waals surface area (Å²) in [6.45, 7) is 6.73. The Morgan fingerprint density at radius 3 is 2.48 bits per heavy atom. The SMILES string of the molecule is CC(C)(C)OC(=O)N1CCC(N/C=C(\C=N)NC2CCC(=O)NC2=O)CC1. The first-order valence-electron chi connectivity index (χ1n) is 9.23. The van der Waals surface area contributed by atoms with Crippen molar-refractivity contribution in [1.82, 2.24) is 20.9 Å². The normalized spacial score (nSPS) is 22.1. The van der Waals surface area contributed by atoms with E-state index in [0.29, 0.717) is 25.2 Å². The summed E-state index contributed by atoms with van der Waals surface area (Å²) in [6, 6.07) is -0.353. The highest BCUT2D eigenvalue weighted by atomic mass is 16.6. The number of carbonyl (C=O) groups is 3. The van der Waals surface area contributed by atoms with Crippen molar-refractivity contribution < 1.29 is 19.1 Å². The summed E-state index contributed by atoms with van der Waals surface area (Å²) in [6.07, 6.45) is 4.72. The number of nitrogens with one attached hydrogen (secondary N) is 4. The standard InChI is InChI=1S/C18H29N5O4/c1-18(2,3)27-17(26)23-8-6-12(7-9-23)20-11-13(10-19)21-14-4-5-15(24)22-16(14)25/h10-12,14,19-21H,4-9H2,1-3H3,(H,22,24,25)/b13-11+,19-10?. The molecular weight excluding hydrogens is 350 g/mol. The summed E-state index contributed by atoms with van der Waals surface area (Å²) in [5.41, 5.74) is -0.0331. The number of carbonyl (C=O) groups excluding carboxylic acids is 3. The molecule has 2 aliphatic rings. The monoisotopic (exact) mass is 379 g/mol. The molecule has 2 rings (SSSR count). The number of likely N-dealkylation sites (tertiary alicyclic amines) is 1. The third-order valence-electron chi connectivity index (χ3n) is 4.36. The number of rotatable bonds is 5. The van der Waals surface area contributed by atoms with Crippen LogP contribution >= 0.6 is 0 Å². The van der Waals surface area contributed by atoms with E-state index in [0.717, 1.165) is 19.1 Å². The zero-order valence-corrected chi connectivity index (χ0v) is 16.1. The van der Waals surface area contributed by atoms with Crippen LogP contribution in [0.2, 0.25) is 0 Å². The Balaban J connectivity index is 1.80. The van der Waals surface area contributed by atoms with Gasteiger partial charge in [-0.15, -0.1) is 0 Å². The van der Waals surface area contributed by atoms with Crippen molar-refractivity contribution in [2.24, 2.45) is 0 Å². The smallest absolute Gasteiger partial charge is 0.410 e. The topological polar surface area (TPSA) is 124 Å². The molecule has 27 heavy (non-hydrogen) atoms. The summed E-state index contributed by atoms with van der Waals surface area (Å²) in [7, 11) is 0. The quantitative estimate of drug-likeness (QED) is 0.415. The van der Waals surface area contributed by atoms with E-state index in [4.69, 9.17) is 10.1 Å². The molecule has 0 aromatic rings. The molecule has 2 fully saturated rings. The molecule has 0 spiro atoms. The van der Waals surface area contributed by atoms with Crippen LogP contribution in [0, 0.1) is 5.41 Å². The van der Waals surface area contributed by atoms with Crippen LogP contribution in [0.3, 0.4) is 0 Å². The van der Waals surface area contributed by atoms with Crippen molar-refractivity contribution in [2.75, 3.05) is 13.1 Å². The van der Waals surface area contributed by atoms with Gasteiger partial charge in [-0.25, -0.2) is 4.79 Å². The maximum Gasteiger partial charge on any atom is 0.410 e. The molecule has 2 heterocycles. The molecule has 0 bridgehead atoms. The number of amides is 3. The molecule has 9 nitrogen and oxygen atoms in total. The van der Waals surface area contributed by atoms with Gasteiger partial charge >= 0.3 is 6.09 Å². The van der Waals surface area contributed by atoms with Crippen LogP contribution in [-0.4, -0.2) is 59.8 Å². The van der Waals surface area contributed by atoms with E-state index in [1.165, 1.54) is 0 Å². The Bertz CT molecular complexity index is 618. The Kier molecular flexibility index (Phi) is 6.81. The van der Waals surface area contributed by atoms with Gasteiger partial charge in [0, 0.05) is 38.0 Å². The number of ether oxygens (including phenoxy) is 1. The van der Waals surface area contributed by atoms with Crippen LogP contribution in [0.1, 0.15) is 46.5 Å². The molecule has 9 heteroatoms. The summed E-state index contributed by atoms with van der Waals surface area (Å²) in [5.74, 6) is -0.641. The molecule has 0 aromatic carbocycles. The van der Waals surface area contributed by atoms with E-state index in [-0.39, 0.29) is 30.4 Å². The van der Waals surface area contributed by atoms with E-state index >= 15 is 0 Å². The summed E-state index contributed by atoms with van der Waals surface area (Å²) >= 11 is 0. The second-order valence-electron chi connectivity index (χ2n) is 7.80. The second-order valence-corrected chi connectivity index (χ2v) is 7.80. The molecule has 2 aliphatic heterocycles.